The fourth-order valence-corrected chi connectivity index (χ4v) is 7.61. The van der Waals surface area contributed by atoms with Crippen LogP contribution in [-0.4, -0.2) is 15.5 Å². The lowest BCUT2D eigenvalue weighted by Crippen LogP contribution is -2.97. The minimum absolute atomic E-state index is 0.00246. The second-order valence-electron chi connectivity index (χ2n) is 9.40. The van der Waals surface area contributed by atoms with Gasteiger partial charge in [0.15, 0.2) is 5.82 Å². The first-order valence-electron chi connectivity index (χ1n) is 10.6. The number of nitrogens with one attached hydrogen (secondary N) is 1. The van der Waals surface area contributed by atoms with Crippen molar-refractivity contribution in [3.63, 3.8) is 0 Å². The molecule has 28 heavy (non-hydrogen) atoms. The number of nitrogens with two attached hydrogens (primary N) is 1. The highest BCUT2D eigenvalue weighted by Gasteiger charge is 2.53. The number of aromatic nitrogens is 2. The van der Waals surface area contributed by atoms with Crippen molar-refractivity contribution in [1.82, 2.24) is 9.97 Å². The van der Waals surface area contributed by atoms with E-state index >= 15 is 0 Å². The van der Waals surface area contributed by atoms with Crippen LogP contribution in [0.5, 0.6) is 0 Å². The van der Waals surface area contributed by atoms with Crippen LogP contribution in [0.25, 0.3) is 20.7 Å². The normalized spacial score (nSPS) is 30.9. The predicted octanol–water partition coefficient (Wildman–Crippen LogP) is 3.68. The van der Waals surface area contributed by atoms with Gasteiger partial charge in [0.05, 0.1) is 10.9 Å². The summed E-state index contributed by atoms with van der Waals surface area (Å²) in [6.45, 7) is 0.788. The van der Waals surface area contributed by atoms with E-state index in [0.717, 1.165) is 45.4 Å². The van der Waals surface area contributed by atoms with Crippen LogP contribution in [0.3, 0.4) is 0 Å². The maximum atomic E-state index is 12.7. The highest BCUT2D eigenvalue weighted by atomic mass is 32.1. The van der Waals surface area contributed by atoms with E-state index in [1.54, 1.807) is 11.3 Å². The van der Waals surface area contributed by atoms with Crippen molar-refractivity contribution in [3.8, 4) is 10.4 Å². The fraction of sp³-hybridized carbons (Fsp3) is 0.478. The number of fused-ring (bicyclic) bond motifs is 1. The lowest BCUT2D eigenvalue weighted by molar-refractivity contribution is -0.753. The molecule has 1 aromatic carbocycles. The molecule has 0 aliphatic heterocycles. The predicted molar refractivity (Wildman–Crippen MR) is 112 cm³/mol. The molecule has 0 atom stereocenters. The maximum Gasteiger partial charge on any atom is 0.259 e. The lowest BCUT2D eigenvalue weighted by Gasteiger charge is -2.54. The van der Waals surface area contributed by atoms with Gasteiger partial charge in [-0.25, -0.2) is 4.98 Å². The Morgan fingerprint density at radius 2 is 1.75 bits per heavy atom. The van der Waals surface area contributed by atoms with E-state index < -0.39 is 0 Å². The number of benzene rings is 1. The van der Waals surface area contributed by atoms with Crippen molar-refractivity contribution < 1.29 is 5.32 Å². The van der Waals surface area contributed by atoms with Crippen molar-refractivity contribution >= 4 is 21.6 Å². The summed E-state index contributed by atoms with van der Waals surface area (Å²) in [4.78, 5) is 22.5. The molecule has 0 amide bonds. The van der Waals surface area contributed by atoms with E-state index in [-0.39, 0.29) is 5.56 Å². The third-order valence-corrected chi connectivity index (χ3v) is 8.40. The first kappa shape index (κ1) is 16.9. The molecule has 7 rings (SSSR count). The molecule has 0 saturated heterocycles. The Labute approximate surface area is 168 Å². The summed E-state index contributed by atoms with van der Waals surface area (Å²) < 4.78 is 0. The van der Waals surface area contributed by atoms with Gasteiger partial charge in [0.1, 0.15) is 11.4 Å². The molecule has 4 fully saturated rings. The topological polar surface area (TPSA) is 62.4 Å². The Bertz CT molecular complexity index is 1050. The highest BCUT2D eigenvalue weighted by molar-refractivity contribution is 7.21. The number of hydrogen-bond acceptors (Lipinski definition) is 3. The molecule has 4 saturated carbocycles. The second kappa shape index (κ2) is 6.26. The summed E-state index contributed by atoms with van der Waals surface area (Å²) in [6, 6.07) is 12.2. The van der Waals surface area contributed by atoms with Gasteiger partial charge in [-0.1, -0.05) is 30.3 Å². The first-order valence-corrected chi connectivity index (χ1v) is 11.4. The number of quaternary nitrogens is 1. The quantitative estimate of drug-likeness (QED) is 0.711. The van der Waals surface area contributed by atoms with Crippen LogP contribution in [0.1, 0.15) is 44.3 Å². The van der Waals surface area contributed by atoms with Crippen LogP contribution in [0.4, 0.5) is 0 Å². The molecule has 2 aromatic heterocycles. The summed E-state index contributed by atoms with van der Waals surface area (Å²) in [6.07, 6.45) is 8.48. The number of H-pyrrole nitrogens is 1. The molecule has 144 valence electrons. The van der Waals surface area contributed by atoms with E-state index in [0.29, 0.717) is 10.9 Å². The minimum atomic E-state index is -0.00246. The molecule has 4 bridgehead atoms. The van der Waals surface area contributed by atoms with E-state index in [2.05, 4.69) is 22.4 Å². The second-order valence-corrected chi connectivity index (χ2v) is 10.4. The molecule has 3 N–H and O–H groups in total. The third-order valence-electron chi connectivity index (χ3n) is 7.32. The third kappa shape index (κ3) is 2.83. The Morgan fingerprint density at radius 1 is 1.07 bits per heavy atom. The van der Waals surface area contributed by atoms with Gasteiger partial charge in [0, 0.05) is 24.1 Å². The van der Waals surface area contributed by atoms with Crippen molar-refractivity contribution in [1.29, 1.82) is 0 Å². The van der Waals surface area contributed by atoms with Gasteiger partial charge in [-0.2, -0.15) is 0 Å². The zero-order valence-corrected chi connectivity index (χ0v) is 16.8. The monoisotopic (exact) mass is 392 g/mol. The largest absolute Gasteiger partial charge is 0.335 e. The van der Waals surface area contributed by atoms with Gasteiger partial charge in [0.25, 0.3) is 5.56 Å². The zero-order valence-electron chi connectivity index (χ0n) is 16.0. The van der Waals surface area contributed by atoms with E-state index in [4.69, 9.17) is 4.98 Å². The van der Waals surface area contributed by atoms with E-state index in [1.807, 2.05) is 24.3 Å². The van der Waals surface area contributed by atoms with Crippen molar-refractivity contribution in [2.45, 2.75) is 50.6 Å². The molecule has 2 heterocycles. The summed E-state index contributed by atoms with van der Waals surface area (Å²) >= 11 is 1.62. The number of thiophene rings is 1. The van der Waals surface area contributed by atoms with Gasteiger partial charge < -0.3 is 10.3 Å². The van der Waals surface area contributed by atoms with Crippen LogP contribution in [0.2, 0.25) is 0 Å². The molecule has 4 nitrogen and oxygen atoms in total. The van der Waals surface area contributed by atoms with Crippen LogP contribution in [0.15, 0.2) is 41.2 Å². The number of hydrogen-bond donors (Lipinski definition) is 2. The van der Waals surface area contributed by atoms with Crippen molar-refractivity contribution in [2.24, 2.45) is 17.8 Å². The van der Waals surface area contributed by atoms with Gasteiger partial charge in [-0.3, -0.25) is 4.79 Å². The molecule has 3 aromatic rings. The minimum Gasteiger partial charge on any atom is -0.335 e. The van der Waals surface area contributed by atoms with Crippen LogP contribution < -0.4 is 10.9 Å². The standard InChI is InChI=1S/C23H25N3OS/c27-21-18-9-19(17-4-2-1-3-5-17)28-22(18)26-20(25-21)13-24-23-10-14-6-15(11-23)8-16(7-14)12-23/h1-5,9,14-16,24H,6-8,10-13H2,(H,25,26,27)/p+1. The van der Waals surface area contributed by atoms with Crippen LogP contribution in [0, 0.1) is 17.8 Å². The number of aromatic amines is 1. The van der Waals surface area contributed by atoms with Gasteiger partial charge >= 0.3 is 0 Å². The van der Waals surface area contributed by atoms with Gasteiger partial charge in [-0.05, 0) is 48.6 Å². The Morgan fingerprint density at radius 3 is 2.43 bits per heavy atom. The highest BCUT2D eigenvalue weighted by Crippen LogP contribution is 2.54. The SMILES string of the molecule is O=c1[nH]c(C[NH2+]C23CC4CC(CC(C4)C2)C3)nc2sc(-c3ccccc3)cc12. The van der Waals surface area contributed by atoms with E-state index in [1.165, 1.54) is 38.5 Å². The number of rotatable bonds is 4. The summed E-state index contributed by atoms with van der Waals surface area (Å²) in [5.41, 5.74) is 1.55. The molecule has 0 unspecified atom stereocenters. The molecule has 0 spiro atoms. The molecular weight excluding hydrogens is 366 g/mol. The Kier molecular flexibility index (Phi) is 3.78. The average molecular weight is 393 g/mol. The van der Waals surface area contributed by atoms with Crippen LogP contribution >= 0.6 is 11.3 Å². The van der Waals surface area contributed by atoms with Crippen molar-refractivity contribution in [3.05, 3.63) is 52.6 Å². The Hall–Kier alpha value is -1.98. The Balaban J connectivity index is 1.27. The molecule has 5 heteroatoms. The molecule has 4 aliphatic carbocycles. The molecule has 4 aliphatic rings. The van der Waals surface area contributed by atoms with E-state index in [9.17, 15) is 4.79 Å². The van der Waals surface area contributed by atoms with Crippen LogP contribution in [-0.2, 0) is 6.54 Å². The smallest absolute Gasteiger partial charge is 0.259 e. The van der Waals surface area contributed by atoms with Gasteiger partial charge in [-0.15, -0.1) is 11.3 Å². The number of nitrogens with zero attached hydrogens (tertiary/aromatic N) is 1. The molecular formula is C23H26N3OS+. The molecule has 0 radical (unpaired) electrons. The van der Waals surface area contributed by atoms with Crippen molar-refractivity contribution in [2.75, 3.05) is 0 Å². The summed E-state index contributed by atoms with van der Waals surface area (Å²) in [5, 5.41) is 3.23. The average Bonchev–Trinajstić information content (AvgIpc) is 3.11. The fourth-order valence-electron chi connectivity index (χ4n) is 6.56. The summed E-state index contributed by atoms with van der Waals surface area (Å²) in [7, 11) is 0. The van der Waals surface area contributed by atoms with Gasteiger partial charge in [0.2, 0.25) is 0 Å². The maximum absolute atomic E-state index is 12.7. The summed E-state index contributed by atoms with van der Waals surface area (Å²) in [5.74, 6) is 3.67. The lowest BCUT2D eigenvalue weighted by atomic mass is 9.53. The zero-order chi connectivity index (χ0) is 18.7. The first-order chi connectivity index (χ1) is 13.7.